The summed E-state index contributed by atoms with van der Waals surface area (Å²) in [5, 5.41) is 15.9. The molecule has 3 N–H and O–H groups in total. The van der Waals surface area contributed by atoms with Crippen molar-refractivity contribution in [3.63, 3.8) is 0 Å². The van der Waals surface area contributed by atoms with E-state index in [1.54, 1.807) is 39.2 Å². The normalized spacial score (nSPS) is 24.1. The Morgan fingerprint density at radius 2 is 1.97 bits per heavy atom. The SMILES string of the molecule is C=C(/C=C/C(=C)C(C)(O)C(=C)C)NC=NC.CC1C2CCC(C2)C1C=O.CNCc1cccnc1. The molecule has 0 radical (unpaired) electrons. The number of carbonyl (C=O) groups is 1. The van der Waals surface area contributed by atoms with Gasteiger partial charge in [0.1, 0.15) is 11.9 Å². The Bertz CT molecular complexity index is 887. The fraction of sp³-hybridized carbons (Fsp3) is 0.483. The van der Waals surface area contributed by atoms with E-state index in [0.717, 1.165) is 18.4 Å². The first-order valence-electron chi connectivity index (χ1n) is 12.2. The van der Waals surface area contributed by atoms with Gasteiger partial charge in [0, 0.05) is 37.6 Å². The summed E-state index contributed by atoms with van der Waals surface area (Å²) < 4.78 is 0. The number of aldehydes is 1. The molecule has 2 aliphatic carbocycles. The molecule has 2 aliphatic rings. The Balaban J connectivity index is 0.000000276. The van der Waals surface area contributed by atoms with Crippen molar-refractivity contribution in [2.75, 3.05) is 14.1 Å². The average molecular weight is 481 g/mol. The smallest absolute Gasteiger partial charge is 0.123 e. The molecule has 192 valence electrons. The number of aromatic nitrogens is 1. The van der Waals surface area contributed by atoms with E-state index in [2.05, 4.69) is 47.3 Å². The maximum absolute atomic E-state index is 10.6. The number of nitrogens with one attached hydrogen (secondary N) is 2. The lowest BCUT2D eigenvalue weighted by Gasteiger charge is -2.24. The van der Waals surface area contributed by atoms with Gasteiger partial charge in [-0.15, -0.1) is 0 Å². The van der Waals surface area contributed by atoms with Crippen LogP contribution >= 0.6 is 0 Å². The Kier molecular flexibility index (Phi) is 13.1. The number of fused-ring (bicyclic) bond motifs is 2. The van der Waals surface area contributed by atoms with Crippen LogP contribution in [-0.2, 0) is 11.3 Å². The molecule has 0 amide bonds. The van der Waals surface area contributed by atoms with Crippen molar-refractivity contribution in [2.45, 2.75) is 52.2 Å². The van der Waals surface area contributed by atoms with Crippen LogP contribution in [-0.4, -0.2) is 42.4 Å². The van der Waals surface area contributed by atoms with Gasteiger partial charge >= 0.3 is 0 Å². The van der Waals surface area contributed by atoms with E-state index >= 15 is 0 Å². The van der Waals surface area contributed by atoms with Crippen molar-refractivity contribution in [1.82, 2.24) is 15.6 Å². The maximum Gasteiger partial charge on any atom is 0.123 e. The Labute approximate surface area is 212 Å². The summed E-state index contributed by atoms with van der Waals surface area (Å²) in [6, 6.07) is 3.98. The lowest BCUT2D eigenvalue weighted by atomic mass is 9.81. The van der Waals surface area contributed by atoms with Crippen molar-refractivity contribution < 1.29 is 9.90 Å². The highest BCUT2D eigenvalue weighted by Gasteiger charge is 2.44. The Morgan fingerprint density at radius 1 is 1.29 bits per heavy atom. The van der Waals surface area contributed by atoms with Gasteiger partial charge in [0.05, 0.1) is 6.34 Å². The number of aliphatic imine (C=N–C) groups is 1. The summed E-state index contributed by atoms with van der Waals surface area (Å²) in [7, 11) is 3.59. The molecule has 2 fully saturated rings. The topological polar surface area (TPSA) is 86.6 Å². The molecule has 3 rings (SSSR count). The lowest BCUT2D eigenvalue weighted by Crippen LogP contribution is -2.26. The molecule has 5 unspecified atom stereocenters. The number of pyridine rings is 1. The lowest BCUT2D eigenvalue weighted by molar-refractivity contribution is -0.113. The zero-order chi connectivity index (χ0) is 26.4. The summed E-state index contributed by atoms with van der Waals surface area (Å²) in [6.45, 7) is 17.8. The first-order valence-corrected chi connectivity index (χ1v) is 12.2. The third kappa shape index (κ3) is 9.74. The fourth-order valence-corrected chi connectivity index (χ4v) is 4.40. The van der Waals surface area contributed by atoms with Crippen LogP contribution in [0, 0.1) is 23.7 Å². The molecule has 1 aromatic rings. The van der Waals surface area contributed by atoms with E-state index < -0.39 is 5.60 Å². The second-order valence-electron chi connectivity index (χ2n) is 9.57. The van der Waals surface area contributed by atoms with E-state index in [1.807, 2.05) is 25.4 Å². The molecular weight excluding hydrogens is 436 g/mol. The summed E-state index contributed by atoms with van der Waals surface area (Å²) in [4.78, 5) is 18.3. The minimum Gasteiger partial charge on any atom is -0.381 e. The van der Waals surface area contributed by atoms with E-state index in [0.29, 0.717) is 28.7 Å². The van der Waals surface area contributed by atoms with Crippen LogP contribution in [0.15, 0.2) is 78.3 Å². The van der Waals surface area contributed by atoms with Crippen LogP contribution in [0.4, 0.5) is 0 Å². The zero-order valence-electron chi connectivity index (χ0n) is 22.1. The van der Waals surface area contributed by atoms with Crippen LogP contribution < -0.4 is 10.6 Å². The van der Waals surface area contributed by atoms with Gasteiger partial charge < -0.3 is 20.5 Å². The first kappa shape index (κ1) is 30.2. The summed E-state index contributed by atoms with van der Waals surface area (Å²) >= 11 is 0. The quantitative estimate of drug-likeness (QED) is 0.155. The molecule has 5 atom stereocenters. The first-order chi connectivity index (χ1) is 16.6. The standard InChI is InChI=1S/C13H20N2O.C9H14O.C7H10N2/c1-10(2)13(5,16)11(3)7-8-12(4)15-9-14-6;1-6-7-2-3-8(4-7)9(6)5-10;1-8-5-7-3-2-4-9-6-7/h7-9,16H,1,3-4H2,2,5-6H3,(H,14,15);5-9H,2-4H2,1H3;2-4,6,8H,5H2,1H3/b8-7+;;. The third-order valence-electron chi connectivity index (χ3n) is 6.99. The van der Waals surface area contributed by atoms with Gasteiger partial charge in [-0.1, -0.05) is 38.8 Å². The van der Waals surface area contributed by atoms with Gasteiger partial charge in [-0.25, -0.2) is 0 Å². The van der Waals surface area contributed by atoms with Crippen molar-refractivity contribution in [2.24, 2.45) is 28.7 Å². The van der Waals surface area contributed by atoms with Gasteiger partial charge in [0.15, 0.2) is 0 Å². The minimum atomic E-state index is -1.09. The number of allylic oxidation sites excluding steroid dienone is 1. The zero-order valence-corrected chi connectivity index (χ0v) is 22.1. The molecule has 1 aromatic heterocycles. The average Bonchev–Trinajstić information content (AvgIpc) is 3.44. The van der Waals surface area contributed by atoms with Crippen LogP contribution in [0.5, 0.6) is 0 Å². The van der Waals surface area contributed by atoms with Crippen molar-refractivity contribution in [3.05, 3.63) is 78.8 Å². The highest BCUT2D eigenvalue weighted by Crippen LogP contribution is 2.51. The van der Waals surface area contributed by atoms with Gasteiger partial charge in [0.25, 0.3) is 0 Å². The largest absolute Gasteiger partial charge is 0.381 e. The van der Waals surface area contributed by atoms with E-state index in [9.17, 15) is 9.90 Å². The monoisotopic (exact) mass is 480 g/mol. The second-order valence-corrected chi connectivity index (χ2v) is 9.57. The third-order valence-corrected chi connectivity index (χ3v) is 6.99. The van der Waals surface area contributed by atoms with Crippen LogP contribution in [0.1, 0.15) is 45.6 Å². The summed E-state index contributed by atoms with van der Waals surface area (Å²) in [5.74, 6) is 2.76. The molecule has 2 saturated carbocycles. The van der Waals surface area contributed by atoms with E-state index in [1.165, 1.54) is 37.5 Å². The molecular formula is C29H44N4O2. The molecule has 2 bridgehead atoms. The minimum absolute atomic E-state index is 0.416. The molecule has 0 aromatic carbocycles. The number of hydrogen-bond donors (Lipinski definition) is 3. The number of aliphatic hydroxyl groups is 1. The molecule has 6 heteroatoms. The van der Waals surface area contributed by atoms with E-state index in [4.69, 9.17) is 0 Å². The molecule has 1 heterocycles. The number of hydrogen-bond acceptors (Lipinski definition) is 5. The summed E-state index contributed by atoms with van der Waals surface area (Å²) in [6.07, 6.45) is 13.8. The predicted octanol–water partition coefficient (Wildman–Crippen LogP) is 4.86. The molecule has 6 nitrogen and oxygen atoms in total. The van der Waals surface area contributed by atoms with Crippen molar-refractivity contribution in [3.8, 4) is 0 Å². The Morgan fingerprint density at radius 3 is 2.43 bits per heavy atom. The van der Waals surface area contributed by atoms with E-state index in [-0.39, 0.29) is 0 Å². The van der Waals surface area contributed by atoms with Crippen LogP contribution in [0.3, 0.4) is 0 Å². The fourth-order valence-electron chi connectivity index (χ4n) is 4.40. The van der Waals surface area contributed by atoms with Crippen molar-refractivity contribution >= 4 is 12.6 Å². The van der Waals surface area contributed by atoms with Gasteiger partial charge in [0.2, 0.25) is 0 Å². The predicted molar refractivity (Wildman–Crippen MR) is 147 cm³/mol. The van der Waals surface area contributed by atoms with Crippen molar-refractivity contribution in [1.29, 1.82) is 0 Å². The molecule has 0 aliphatic heterocycles. The highest BCUT2D eigenvalue weighted by molar-refractivity contribution is 5.58. The maximum atomic E-state index is 10.6. The van der Waals surface area contributed by atoms with Crippen LogP contribution in [0.25, 0.3) is 0 Å². The second kappa shape index (κ2) is 15.2. The number of nitrogens with zero attached hydrogens (tertiary/aromatic N) is 2. The summed E-state index contributed by atoms with van der Waals surface area (Å²) in [5.41, 5.74) is 2.02. The number of rotatable bonds is 9. The molecule has 0 spiro atoms. The van der Waals surface area contributed by atoms with Gasteiger partial charge in [-0.3, -0.25) is 9.98 Å². The highest BCUT2D eigenvalue weighted by atomic mass is 16.3. The molecule has 0 saturated heterocycles. The van der Waals surface area contributed by atoms with Gasteiger partial charge in [-0.2, -0.15) is 0 Å². The van der Waals surface area contributed by atoms with Crippen LogP contribution in [0.2, 0.25) is 0 Å². The van der Waals surface area contributed by atoms with Gasteiger partial charge in [-0.05, 0) is 86.8 Å². The Hall–Kier alpha value is -2.83. The molecule has 35 heavy (non-hydrogen) atoms. The number of carbonyl (C=O) groups excluding carboxylic acids is 1.